The van der Waals surface area contributed by atoms with Crippen LogP contribution in [-0.2, 0) is 22.6 Å². The molecule has 33 heavy (non-hydrogen) atoms. The van der Waals surface area contributed by atoms with E-state index >= 15 is 0 Å². The number of para-hydroxylation sites is 1. The Morgan fingerprint density at radius 3 is 2.36 bits per heavy atom. The molecule has 1 aliphatic rings. The van der Waals surface area contributed by atoms with E-state index in [9.17, 15) is 14.4 Å². The van der Waals surface area contributed by atoms with Gasteiger partial charge < -0.3 is 4.74 Å². The molecular formula is C26H21ClN2O4. The van der Waals surface area contributed by atoms with Gasteiger partial charge in [-0.1, -0.05) is 67.1 Å². The number of ether oxygens (including phenoxy) is 1. The SMILES string of the molecule is CCc1ccc(N2C(=O)NC(=O)/C(=C/c3ccccc3OCc3ccccc3Cl)C2=O)cc1. The monoisotopic (exact) mass is 460 g/mol. The van der Waals surface area contributed by atoms with Crippen LogP contribution in [-0.4, -0.2) is 17.8 Å². The fraction of sp³-hybridized carbons (Fsp3) is 0.115. The Morgan fingerprint density at radius 2 is 1.64 bits per heavy atom. The Bertz CT molecular complexity index is 1250. The van der Waals surface area contributed by atoms with Gasteiger partial charge in [0.15, 0.2) is 0 Å². The fourth-order valence-electron chi connectivity index (χ4n) is 3.43. The summed E-state index contributed by atoms with van der Waals surface area (Å²) >= 11 is 6.20. The zero-order valence-corrected chi connectivity index (χ0v) is 18.6. The first-order chi connectivity index (χ1) is 16.0. The lowest BCUT2D eigenvalue weighted by Crippen LogP contribution is -2.54. The highest BCUT2D eigenvalue weighted by Gasteiger charge is 2.36. The van der Waals surface area contributed by atoms with Crippen molar-refractivity contribution < 1.29 is 19.1 Å². The first-order valence-corrected chi connectivity index (χ1v) is 10.8. The molecule has 0 saturated carbocycles. The van der Waals surface area contributed by atoms with Gasteiger partial charge >= 0.3 is 6.03 Å². The molecule has 1 saturated heterocycles. The number of amides is 4. The van der Waals surface area contributed by atoms with Crippen LogP contribution in [0.5, 0.6) is 5.75 Å². The summed E-state index contributed by atoms with van der Waals surface area (Å²) in [5, 5.41) is 2.82. The number of urea groups is 1. The summed E-state index contributed by atoms with van der Waals surface area (Å²) in [6, 6.07) is 20.6. The van der Waals surface area contributed by atoms with Crippen LogP contribution in [0.1, 0.15) is 23.6 Å². The van der Waals surface area contributed by atoms with E-state index in [1.807, 2.05) is 37.3 Å². The van der Waals surface area contributed by atoms with Gasteiger partial charge in [-0.25, -0.2) is 9.69 Å². The second-order valence-electron chi connectivity index (χ2n) is 7.40. The van der Waals surface area contributed by atoms with Gasteiger partial charge in [0, 0.05) is 16.1 Å². The molecule has 166 valence electrons. The van der Waals surface area contributed by atoms with Crippen LogP contribution in [0.3, 0.4) is 0 Å². The lowest BCUT2D eigenvalue weighted by atomic mass is 10.1. The van der Waals surface area contributed by atoms with Crippen molar-refractivity contribution in [3.8, 4) is 5.75 Å². The Morgan fingerprint density at radius 1 is 0.939 bits per heavy atom. The maximum atomic E-state index is 13.2. The van der Waals surface area contributed by atoms with Crippen molar-refractivity contribution in [1.29, 1.82) is 0 Å². The van der Waals surface area contributed by atoms with E-state index in [0.29, 0.717) is 22.0 Å². The molecule has 0 bridgehead atoms. The molecule has 0 unspecified atom stereocenters. The van der Waals surface area contributed by atoms with E-state index in [1.54, 1.807) is 42.5 Å². The molecule has 0 spiro atoms. The summed E-state index contributed by atoms with van der Waals surface area (Å²) in [7, 11) is 0. The number of nitrogens with zero attached hydrogens (tertiary/aromatic N) is 1. The number of carbonyl (C=O) groups is 3. The number of carbonyl (C=O) groups excluding carboxylic acids is 3. The molecule has 1 N–H and O–H groups in total. The molecule has 3 aromatic carbocycles. The maximum absolute atomic E-state index is 13.2. The topological polar surface area (TPSA) is 75.7 Å². The lowest BCUT2D eigenvalue weighted by molar-refractivity contribution is -0.122. The molecule has 0 aliphatic carbocycles. The van der Waals surface area contributed by atoms with Gasteiger partial charge in [0.2, 0.25) is 0 Å². The summed E-state index contributed by atoms with van der Waals surface area (Å²) in [5.41, 5.74) is 2.62. The Hall–Kier alpha value is -3.90. The van der Waals surface area contributed by atoms with Gasteiger partial charge in [-0.05, 0) is 42.3 Å². The second kappa shape index (κ2) is 9.71. The van der Waals surface area contributed by atoms with Gasteiger partial charge in [0.25, 0.3) is 11.8 Å². The lowest BCUT2D eigenvalue weighted by Gasteiger charge is -2.26. The molecule has 1 heterocycles. The number of halogens is 1. The second-order valence-corrected chi connectivity index (χ2v) is 7.80. The molecular weight excluding hydrogens is 440 g/mol. The summed E-state index contributed by atoms with van der Waals surface area (Å²) in [4.78, 5) is 39.1. The highest BCUT2D eigenvalue weighted by Crippen LogP contribution is 2.27. The van der Waals surface area contributed by atoms with Gasteiger partial charge in [0.1, 0.15) is 17.9 Å². The van der Waals surface area contributed by atoms with Crippen molar-refractivity contribution in [2.45, 2.75) is 20.0 Å². The number of benzene rings is 3. The predicted molar refractivity (Wildman–Crippen MR) is 127 cm³/mol. The minimum atomic E-state index is -0.783. The minimum absolute atomic E-state index is 0.164. The van der Waals surface area contributed by atoms with Crippen molar-refractivity contribution in [1.82, 2.24) is 5.32 Å². The van der Waals surface area contributed by atoms with Crippen molar-refractivity contribution in [3.63, 3.8) is 0 Å². The molecule has 0 radical (unpaired) electrons. The van der Waals surface area contributed by atoms with Gasteiger partial charge in [-0.2, -0.15) is 0 Å². The van der Waals surface area contributed by atoms with Crippen LogP contribution < -0.4 is 15.0 Å². The number of imide groups is 2. The Kier molecular flexibility index (Phi) is 6.56. The summed E-state index contributed by atoms with van der Waals surface area (Å²) in [6.07, 6.45) is 2.26. The van der Waals surface area contributed by atoms with Gasteiger partial charge in [0.05, 0.1) is 5.69 Å². The molecule has 1 fully saturated rings. The number of hydrogen-bond donors (Lipinski definition) is 1. The van der Waals surface area contributed by atoms with Crippen LogP contribution >= 0.6 is 11.6 Å². The minimum Gasteiger partial charge on any atom is -0.488 e. The smallest absolute Gasteiger partial charge is 0.335 e. The van der Waals surface area contributed by atoms with Gasteiger partial charge in [-0.15, -0.1) is 0 Å². The first kappa shape index (κ1) is 22.3. The third-order valence-electron chi connectivity index (χ3n) is 5.26. The van der Waals surface area contributed by atoms with Crippen LogP contribution in [0.4, 0.5) is 10.5 Å². The van der Waals surface area contributed by atoms with Gasteiger partial charge in [-0.3, -0.25) is 14.9 Å². The van der Waals surface area contributed by atoms with Crippen molar-refractivity contribution >= 4 is 41.2 Å². The molecule has 7 heteroatoms. The van der Waals surface area contributed by atoms with Crippen molar-refractivity contribution in [2.24, 2.45) is 0 Å². The predicted octanol–water partition coefficient (Wildman–Crippen LogP) is 5.15. The Balaban J connectivity index is 1.63. The van der Waals surface area contributed by atoms with Crippen LogP contribution in [0.15, 0.2) is 78.4 Å². The van der Waals surface area contributed by atoms with E-state index in [1.165, 1.54) is 6.08 Å². The molecule has 4 rings (SSSR count). The summed E-state index contributed by atoms with van der Waals surface area (Å²) in [6.45, 7) is 2.23. The first-order valence-electron chi connectivity index (χ1n) is 10.4. The van der Waals surface area contributed by atoms with E-state index in [-0.39, 0.29) is 12.2 Å². The molecule has 0 aromatic heterocycles. The average molecular weight is 461 g/mol. The number of rotatable bonds is 6. The molecule has 4 amide bonds. The number of nitrogens with one attached hydrogen (secondary N) is 1. The van der Waals surface area contributed by atoms with Crippen molar-refractivity contribution in [2.75, 3.05) is 4.90 Å². The standard InChI is InChI=1S/C26H21ClN2O4/c1-2-17-11-13-20(14-12-17)29-25(31)21(24(30)28-26(29)32)15-18-7-4-6-10-23(18)33-16-19-8-3-5-9-22(19)27/h3-15H,2,16H2,1H3,(H,28,30,32)/b21-15-. The fourth-order valence-corrected chi connectivity index (χ4v) is 3.62. The third-order valence-corrected chi connectivity index (χ3v) is 5.63. The zero-order valence-electron chi connectivity index (χ0n) is 17.9. The number of aryl methyl sites for hydroxylation is 1. The zero-order chi connectivity index (χ0) is 23.4. The average Bonchev–Trinajstić information content (AvgIpc) is 2.82. The quantitative estimate of drug-likeness (QED) is 0.408. The third kappa shape index (κ3) is 4.81. The van der Waals surface area contributed by atoms with Crippen molar-refractivity contribution in [3.05, 3.63) is 100 Å². The van der Waals surface area contributed by atoms with Crippen LogP contribution in [0, 0.1) is 0 Å². The normalized spacial score (nSPS) is 15.0. The largest absolute Gasteiger partial charge is 0.488 e. The van der Waals surface area contributed by atoms with E-state index in [4.69, 9.17) is 16.3 Å². The van der Waals surface area contributed by atoms with E-state index in [0.717, 1.165) is 22.4 Å². The Labute approximate surface area is 196 Å². The van der Waals surface area contributed by atoms with E-state index in [2.05, 4.69) is 5.32 Å². The number of anilines is 1. The van der Waals surface area contributed by atoms with E-state index < -0.39 is 17.8 Å². The number of barbiturate groups is 1. The highest BCUT2D eigenvalue weighted by atomic mass is 35.5. The van der Waals surface area contributed by atoms with Crippen LogP contribution in [0.2, 0.25) is 5.02 Å². The molecule has 1 aliphatic heterocycles. The molecule has 6 nitrogen and oxygen atoms in total. The van der Waals surface area contributed by atoms with Crippen LogP contribution in [0.25, 0.3) is 6.08 Å². The summed E-state index contributed by atoms with van der Waals surface area (Å²) < 4.78 is 5.92. The number of hydrogen-bond acceptors (Lipinski definition) is 4. The molecule has 3 aromatic rings. The molecule has 0 atom stereocenters. The maximum Gasteiger partial charge on any atom is 0.335 e. The summed E-state index contributed by atoms with van der Waals surface area (Å²) in [5.74, 6) is -0.984. The highest BCUT2D eigenvalue weighted by molar-refractivity contribution is 6.39.